The molecular formula is C23H36F2N4O6S. The highest BCUT2D eigenvalue weighted by atomic mass is 32.2. The quantitative estimate of drug-likeness (QED) is 0.205. The fourth-order valence-corrected chi connectivity index (χ4v) is 5.79. The van der Waals surface area contributed by atoms with E-state index in [0.717, 1.165) is 11.3 Å². The fourth-order valence-electron chi connectivity index (χ4n) is 4.46. The lowest BCUT2D eigenvalue weighted by Crippen LogP contribution is -2.50. The highest BCUT2D eigenvalue weighted by Crippen LogP contribution is 2.28. The molecule has 3 rings (SSSR count). The summed E-state index contributed by atoms with van der Waals surface area (Å²) in [7, 11) is -3.68. The van der Waals surface area contributed by atoms with Gasteiger partial charge >= 0.3 is 0 Å². The van der Waals surface area contributed by atoms with Crippen LogP contribution in [0.5, 0.6) is 0 Å². The first-order chi connectivity index (χ1) is 16.9. The number of rotatable bonds is 13. The summed E-state index contributed by atoms with van der Waals surface area (Å²) < 4.78 is 58.7. The number of nitrogens with one attached hydrogen (secondary N) is 2. The summed E-state index contributed by atoms with van der Waals surface area (Å²) in [6.07, 6.45) is 3.60. The largest absolute Gasteiger partial charge is 0.364 e. The molecule has 3 aliphatic rings. The van der Waals surface area contributed by atoms with E-state index in [-0.39, 0.29) is 57.0 Å². The van der Waals surface area contributed by atoms with Crippen LogP contribution in [0.1, 0.15) is 51.9 Å². The van der Waals surface area contributed by atoms with Crippen LogP contribution in [0.2, 0.25) is 0 Å². The number of ether oxygens (including phenoxy) is 1. The van der Waals surface area contributed by atoms with Gasteiger partial charge in [0.2, 0.25) is 21.8 Å². The molecule has 204 valence electrons. The predicted molar refractivity (Wildman–Crippen MR) is 127 cm³/mol. The SMILES string of the molecule is C=CC(C)C(NCOC[C@@H]1CCCN1C(=O)CCC(=O)N1CCC(F)(F)C1)C(=O)NS(=O)(=O)C1CC1. The number of likely N-dealkylation sites (tertiary alicyclic amines) is 2. The molecule has 0 radical (unpaired) electrons. The van der Waals surface area contributed by atoms with E-state index in [1.54, 1.807) is 17.9 Å². The van der Waals surface area contributed by atoms with Crippen LogP contribution in [0.25, 0.3) is 0 Å². The topological polar surface area (TPSA) is 125 Å². The van der Waals surface area contributed by atoms with Gasteiger partial charge in [0.25, 0.3) is 11.8 Å². The number of sulfonamides is 1. The van der Waals surface area contributed by atoms with Crippen molar-refractivity contribution in [2.24, 2.45) is 5.92 Å². The van der Waals surface area contributed by atoms with Gasteiger partial charge in [0, 0.05) is 32.4 Å². The van der Waals surface area contributed by atoms with Gasteiger partial charge in [0.1, 0.15) is 0 Å². The standard InChI is InChI=1S/C23H36F2N4O6S/c1-3-16(2)21(22(32)27-36(33,34)18-6-7-18)26-15-35-13-17-5-4-11-29(17)20(31)9-8-19(30)28-12-10-23(24,25)14-28/h3,16-18,21,26H,1,4-15H2,2H3,(H,27,32)/t16?,17-,21?/m0/s1. The third-order valence-electron chi connectivity index (χ3n) is 6.87. The first-order valence-electron chi connectivity index (χ1n) is 12.4. The minimum Gasteiger partial charge on any atom is -0.364 e. The van der Waals surface area contributed by atoms with Crippen molar-refractivity contribution in [2.75, 3.05) is 33.0 Å². The van der Waals surface area contributed by atoms with Crippen molar-refractivity contribution in [1.82, 2.24) is 19.8 Å². The summed E-state index contributed by atoms with van der Waals surface area (Å²) in [5, 5.41) is 2.39. The molecule has 0 aromatic rings. The maximum atomic E-state index is 13.3. The number of hydrogen-bond donors (Lipinski definition) is 2. The number of carbonyl (C=O) groups excluding carboxylic acids is 3. The van der Waals surface area contributed by atoms with Gasteiger partial charge in [-0.05, 0) is 31.6 Å². The Morgan fingerprint density at radius 2 is 1.86 bits per heavy atom. The average Bonchev–Trinajstić information content (AvgIpc) is 3.49. The monoisotopic (exact) mass is 534 g/mol. The molecule has 2 saturated heterocycles. The Balaban J connectivity index is 1.42. The summed E-state index contributed by atoms with van der Waals surface area (Å²) in [6, 6.07) is -1.06. The molecule has 2 N–H and O–H groups in total. The highest BCUT2D eigenvalue weighted by molar-refractivity contribution is 7.90. The van der Waals surface area contributed by atoms with E-state index >= 15 is 0 Å². The molecule has 36 heavy (non-hydrogen) atoms. The van der Waals surface area contributed by atoms with Crippen LogP contribution in [0.4, 0.5) is 8.78 Å². The molecule has 0 aromatic heterocycles. The number of halogens is 2. The van der Waals surface area contributed by atoms with Crippen molar-refractivity contribution in [3.05, 3.63) is 12.7 Å². The number of alkyl halides is 2. The van der Waals surface area contributed by atoms with Gasteiger partial charge in [0.05, 0.1) is 37.2 Å². The van der Waals surface area contributed by atoms with Gasteiger partial charge in [0.15, 0.2) is 0 Å². The van der Waals surface area contributed by atoms with Gasteiger partial charge in [-0.2, -0.15) is 0 Å². The van der Waals surface area contributed by atoms with Gasteiger partial charge in [-0.15, -0.1) is 6.58 Å². The van der Waals surface area contributed by atoms with Crippen LogP contribution in [0.15, 0.2) is 12.7 Å². The van der Waals surface area contributed by atoms with Crippen molar-refractivity contribution >= 4 is 27.7 Å². The first-order valence-corrected chi connectivity index (χ1v) is 13.9. The molecule has 2 aliphatic heterocycles. The molecule has 3 atom stereocenters. The van der Waals surface area contributed by atoms with E-state index in [1.807, 2.05) is 0 Å². The van der Waals surface area contributed by atoms with Crippen LogP contribution in [-0.4, -0.2) is 92.2 Å². The molecule has 0 aromatic carbocycles. The third-order valence-corrected chi connectivity index (χ3v) is 8.71. The molecular weight excluding hydrogens is 498 g/mol. The Kier molecular flexibility index (Phi) is 9.44. The van der Waals surface area contributed by atoms with Crippen molar-refractivity contribution in [2.45, 2.75) is 75.1 Å². The number of hydrogen-bond acceptors (Lipinski definition) is 7. The number of amides is 3. The normalized spacial score (nSPS) is 23.4. The first kappa shape index (κ1) is 28.5. The molecule has 10 nitrogen and oxygen atoms in total. The lowest BCUT2D eigenvalue weighted by molar-refractivity contribution is -0.138. The zero-order valence-electron chi connectivity index (χ0n) is 20.6. The second kappa shape index (κ2) is 12.0. The molecule has 3 fully saturated rings. The average molecular weight is 535 g/mol. The summed E-state index contributed by atoms with van der Waals surface area (Å²) in [4.78, 5) is 40.2. The Hall–Kier alpha value is -2.12. The van der Waals surface area contributed by atoms with Crippen molar-refractivity contribution < 1.29 is 36.3 Å². The maximum Gasteiger partial charge on any atom is 0.267 e. The van der Waals surface area contributed by atoms with Crippen molar-refractivity contribution in [3.8, 4) is 0 Å². The Labute approximate surface area is 210 Å². The highest BCUT2D eigenvalue weighted by Gasteiger charge is 2.41. The van der Waals surface area contributed by atoms with Crippen LogP contribution in [0, 0.1) is 5.92 Å². The molecule has 0 spiro atoms. The van der Waals surface area contributed by atoms with Crippen LogP contribution in [0.3, 0.4) is 0 Å². The zero-order chi connectivity index (χ0) is 26.5. The van der Waals surface area contributed by atoms with Crippen molar-refractivity contribution in [3.63, 3.8) is 0 Å². The molecule has 2 unspecified atom stereocenters. The molecule has 13 heteroatoms. The summed E-state index contributed by atoms with van der Waals surface area (Å²) >= 11 is 0. The minimum absolute atomic E-state index is 0.00318. The Morgan fingerprint density at radius 1 is 1.17 bits per heavy atom. The summed E-state index contributed by atoms with van der Waals surface area (Å²) in [5.74, 6) is -4.56. The van der Waals surface area contributed by atoms with Crippen LogP contribution >= 0.6 is 0 Å². The van der Waals surface area contributed by atoms with E-state index in [9.17, 15) is 31.6 Å². The van der Waals surface area contributed by atoms with Crippen molar-refractivity contribution in [1.29, 1.82) is 0 Å². The van der Waals surface area contributed by atoms with E-state index in [1.165, 1.54) is 0 Å². The number of carbonyl (C=O) groups is 3. The number of nitrogens with zero attached hydrogens (tertiary/aromatic N) is 2. The predicted octanol–water partition coefficient (Wildman–Crippen LogP) is 0.988. The lowest BCUT2D eigenvalue weighted by Gasteiger charge is -2.26. The Morgan fingerprint density at radius 3 is 2.47 bits per heavy atom. The fraction of sp³-hybridized carbons (Fsp3) is 0.783. The van der Waals surface area contributed by atoms with E-state index < -0.39 is 45.6 Å². The van der Waals surface area contributed by atoms with Gasteiger partial charge in [-0.25, -0.2) is 17.2 Å². The smallest absolute Gasteiger partial charge is 0.267 e. The molecule has 1 saturated carbocycles. The lowest BCUT2D eigenvalue weighted by atomic mass is 10.0. The van der Waals surface area contributed by atoms with Gasteiger partial charge < -0.3 is 14.5 Å². The van der Waals surface area contributed by atoms with Gasteiger partial charge in [-0.3, -0.25) is 24.4 Å². The van der Waals surface area contributed by atoms with Crippen LogP contribution < -0.4 is 10.0 Å². The van der Waals surface area contributed by atoms with E-state index in [0.29, 0.717) is 25.8 Å². The zero-order valence-corrected chi connectivity index (χ0v) is 21.4. The summed E-state index contributed by atoms with van der Waals surface area (Å²) in [5.41, 5.74) is 0. The van der Waals surface area contributed by atoms with Crippen LogP contribution in [-0.2, 0) is 29.1 Å². The third kappa shape index (κ3) is 7.69. The minimum atomic E-state index is -3.68. The molecule has 0 bridgehead atoms. The van der Waals surface area contributed by atoms with E-state index in [4.69, 9.17) is 4.74 Å². The molecule has 2 heterocycles. The Bertz CT molecular complexity index is 943. The second-order valence-electron chi connectivity index (χ2n) is 9.81. The molecule has 3 amide bonds. The van der Waals surface area contributed by atoms with Gasteiger partial charge in [-0.1, -0.05) is 13.0 Å². The van der Waals surface area contributed by atoms with E-state index in [2.05, 4.69) is 16.6 Å². The second-order valence-corrected chi connectivity index (χ2v) is 11.8. The maximum absolute atomic E-state index is 13.3. The molecule has 1 aliphatic carbocycles. The summed E-state index contributed by atoms with van der Waals surface area (Å²) in [6.45, 7) is 5.49.